The summed E-state index contributed by atoms with van der Waals surface area (Å²) in [5.41, 5.74) is 2.54. The fourth-order valence-electron chi connectivity index (χ4n) is 1.98. The van der Waals surface area contributed by atoms with Crippen LogP contribution in [0.2, 0.25) is 0 Å². The van der Waals surface area contributed by atoms with Crippen LogP contribution >= 0.6 is 15.9 Å². The summed E-state index contributed by atoms with van der Waals surface area (Å²) in [6.45, 7) is 3.97. The van der Waals surface area contributed by atoms with E-state index >= 15 is 0 Å². The van der Waals surface area contributed by atoms with Gasteiger partial charge in [0.15, 0.2) is 5.69 Å². The lowest BCUT2D eigenvalue weighted by molar-refractivity contribution is 0.0689. The molecule has 1 aromatic carbocycles. The molecule has 0 saturated heterocycles. The minimum Gasteiger partial charge on any atom is -0.476 e. The number of aromatic carboxylic acids is 1. The van der Waals surface area contributed by atoms with Crippen LogP contribution in [0.3, 0.4) is 0 Å². The van der Waals surface area contributed by atoms with Gasteiger partial charge in [0.25, 0.3) is 0 Å². The molecule has 0 fully saturated rings. The number of benzene rings is 1. The Morgan fingerprint density at radius 2 is 2.16 bits per heavy atom. The minimum atomic E-state index is -1.04. The Morgan fingerprint density at radius 1 is 1.42 bits per heavy atom. The van der Waals surface area contributed by atoms with Gasteiger partial charge in [-0.2, -0.15) is 0 Å². The van der Waals surface area contributed by atoms with E-state index < -0.39 is 5.97 Å². The molecule has 2 rings (SSSR count). The number of aromatic nitrogens is 3. The topological polar surface area (TPSA) is 68.0 Å². The molecule has 19 heavy (non-hydrogen) atoms. The number of carboxylic acids is 1. The van der Waals surface area contributed by atoms with Gasteiger partial charge in [-0.25, -0.2) is 9.48 Å². The Bertz CT molecular complexity index is 602. The van der Waals surface area contributed by atoms with E-state index in [2.05, 4.69) is 26.2 Å². The van der Waals surface area contributed by atoms with Crippen LogP contribution in [0.25, 0.3) is 5.69 Å². The summed E-state index contributed by atoms with van der Waals surface area (Å²) >= 11 is 3.43. The lowest BCUT2D eigenvalue weighted by Crippen LogP contribution is -2.07. The third-order valence-electron chi connectivity index (χ3n) is 2.72. The maximum Gasteiger partial charge on any atom is 0.358 e. The monoisotopic (exact) mass is 323 g/mol. The molecule has 1 aromatic heterocycles. The zero-order chi connectivity index (χ0) is 14.0. The molecule has 100 valence electrons. The summed E-state index contributed by atoms with van der Waals surface area (Å²) in [6.07, 6.45) is 1.46. The molecule has 0 saturated carbocycles. The first-order valence-electron chi connectivity index (χ1n) is 5.98. The molecule has 0 amide bonds. The Morgan fingerprint density at radius 3 is 2.74 bits per heavy atom. The van der Waals surface area contributed by atoms with Gasteiger partial charge in [-0.05, 0) is 37.1 Å². The Kier molecular flexibility index (Phi) is 3.99. The highest BCUT2D eigenvalue weighted by Gasteiger charge is 2.19. The summed E-state index contributed by atoms with van der Waals surface area (Å²) < 4.78 is 2.53. The largest absolute Gasteiger partial charge is 0.476 e. The highest BCUT2D eigenvalue weighted by atomic mass is 79.9. The van der Waals surface area contributed by atoms with Gasteiger partial charge < -0.3 is 5.11 Å². The van der Waals surface area contributed by atoms with Crippen molar-refractivity contribution in [3.8, 4) is 5.69 Å². The van der Waals surface area contributed by atoms with Crippen molar-refractivity contribution in [1.82, 2.24) is 15.0 Å². The lowest BCUT2D eigenvalue weighted by Gasteiger charge is -2.07. The van der Waals surface area contributed by atoms with E-state index in [-0.39, 0.29) is 5.69 Å². The number of aryl methyl sites for hydroxylation is 1. The molecule has 0 aliphatic rings. The normalized spacial score (nSPS) is 10.7. The maximum atomic E-state index is 11.2. The quantitative estimate of drug-likeness (QED) is 0.939. The molecule has 2 aromatic rings. The Labute approximate surface area is 119 Å². The van der Waals surface area contributed by atoms with Gasteiger partial charge in [0, 0.05) is 4.47 Å². The van der Waals surface area contributed by atoms with Gasteiger partial charge in [-0.3, -0.25) is 0 Å². The van der Waals surface area contributed by atoms with Crippen LogP contribution < -0.4 is 0 Å². The fourth-order valence-corrected chi connectivity index (χ4v) is 2.57. The molecule has 0 aliphatic carbocycles. The first kappa shape index (κ1) is 13.7. The summed E-state index contributed by atoms with van der Waals surface area (Å²) in [5.74, 6) is -1.04. The van der Waals surface area contributed by atoms with Crippen molar-refractivity contribution < 1.29 is 9.90 Å². The molecule has 1 heterocycles. The smallest absolute Gasteiger partial charge is 0.358 e. The molecule has 0 atom stereocenters. The molecular formula is C13H14BrN3O2. The van der Waals surface area contributed by atoms with Crippen molar-refractivity contribution in [3.63, 3.8) is 0 Å². The molecule has 0 aliphatic heterocycles. The zero-order valence-electron chi connectivity index (χ0n) is 10.7. The third kappa shape index (κ3) is 2.84. The first-order chi connectivity index (χ1) is 9.02. The van der Waals surface area contributed by atoms with Crippen LogP contribution in [-0.2, 0) is 6.42 Å². The SMILES string of the molecule is CCCc1c(C(=O)O)nnn1-c1cc(C)cc(Br)c1. The average molecular weight is 324 g/mol. The summed E-state index contributed by atoms with van der Waals surface area (Å²) in [7, 11) is 0. The van der Waals surface area contributed by atoms with Gasteiger partial charge in [0.05, 0.1) is 11.4 Å². The van der Waals surface area contributed by atoms with Crippen LogP contribution in [0.4, 0.5) is 0 Å². The van der Waals surface area contributed by atoms with Crippen molar-refractivity contribution in [2.75, 3.05) is 0 Å². The molecule has 0 radical (unpaired) electrons. The molecule has 5 nitrogen and oxygen atoms in total. The first-order valence-corrected chi connectivity index (χ1v) is 6.77. The molecule has 1 N–H and O–H groups in total. The number of carbonyl (C=O) groups is 1. The van der Waals surface area contributed by atoms with Gasteiger partial charge in [0.2, 0.25) is 0 Å². The van der Waals surface area contributed by atoms with Crippen molar-refractivity contribution in [3.05, 3.63) is 39.6 Å². The van der Waals surface area contributed by atoms with E-state index in [0.29, 0.717) is 12.1 Å². The summed E-state index contributed by atoms with van der Waals surface area (Å²) in [6, 6.07) is 5.83. The lowest BCUT2D eigenvalue weighted by atomic mass is 10.2. The van der Waals surface area contributed by atoms with E-state index in [4.69, 9.17) is 5.11 Å². The van der Waals surface area contributed by atoms with E-state index in [0.717, 1.165) is 22.1 Å². The Balaban J connectivity index is 2.58. The minimum absolute atomic E-state index is 0.0273. The van der Waals surface area contributed by atoms with Crippen LogP contribution in [0.1, 0.15) is 35.1 Å². The van der Waals surface area contributed by atoms with E-state index in [1.54, 1.807) is 4.68 Å². The van der Waals surface area contributed by atoms with E-state index in [1.807, 2.05) is 32.0 Å². The molecular weight excluding hydrogens is 310 g/mol. The highest BCUT2D eigenvalue weighted by Crippen LogP contribution is 2.21. The number of carboxylic acid groups (broad SMARTS) is 1. The van der Waals surface area contributed by atoms with Crippen LogP contribution in [0.15, 0.2) is 22.7 Å². The predicted octanol–water partition coefficient (Wildman–Crippen LogP) is 2.99. The van der Waals surface area contributed by atoms with Crippen LogP contribution in [0.5, 0.6) is 0 Å². The van der Waals surface area contributed by atoms with E-state index in [1.165, 1.54) is 0 Å². The van der Waals surface area contributed by atoms with E-state index in [9.17, 15) is 4.79 Å². The van der Waals surface area contributed by atoms with Crippen molar-refractivity contribution in [2.24, 2.45) is 0 Å². The zero-order valence-corrected chi connectivity index (χ0v) is 12.3. The van der Waals surface area contributed by atoms with Gasteiger partial charge >= 0.3 is 5.97 Å². The van der Waals surface area contributed by atoms with Crippen LogP contribution in [0, 0.1) is 6.92 Å². The van der Waals surface area contributed by atoms with Gasteiger partial charge in [-0.15, -0.1) is 5.10 Å². The highest BCUT2D eigenvalue weighted by molar-refractivity contribution is 9.10. The molecule has 0 unspecified atom stereocenters. The summed E-state index contributed by atoms with van der Waals surface area (Å²) in [5, 5.41) is 16.9. The number of nitrogens with zero attached hydrogens (tertiary/aromatic N) is 3. The van der Waals surface area contributed by atoms with Gasteiger partial charge in [0.1, 0.15) is 0 Å². The maximum absolute atomic E-state index is 11.2. The second-order valence-corrected chi connectivity index (χ2v) is 5.25. The van der Waals surface area contributed by atoms with Crippen molar-refractivity contribution in [2.45, 2.75) is 26.7 Å². The third-order valence-corrected chi connectivity index (χ3v) is 3.18. The number of halogens is 1. The summed E-state index contributed by atoms with van der Waals surface area (Å²) in [4.78, 5) is 11.2. The van der Waals surface area contributed by atoms with Gasteiger partial charge in [-0.1, -0.05) is 34.5 Å². The number of hydrogen-bond acceptors (Lipinski definition) is 3. The Hall–Kier alpha value is -1.69. The fraction of sp³-hybridized carbons (Fsp3) is 0.308. The molecule has 6 heteroatoms. The predicted molar refractivity (Wildman–Crippen MR) is 74.8 cm³/mol. The van der Waals surface area contributed by atoms with Crippen molar-refractivity contribution in [1.29, 1.82) is 0 Å². The average Bonchev–Trinajstić information content (AvgIpc) is 2.72. The van der Waals surface area contributed by atoms with Crippen molar-refractivity contribution >= 4 is 21.9 Å². The second kappa shape index (κ2) is 5.52. The standard InChI is InChI=1S/C13H14BrN3O2/c1-3-4-11-12(13(18)19)15-16-17(11)10-6-8(2)5-9(14)7-10/h5-7H,3-4H2,1-2H3,(H,18,19). The molecule has 0 spiro atoms. The number of hydrogen-bond donors (Lipinski definition) is 1. The second-order valence-electron chi connectivity index (χ2n) is 4.34. The molecule has 0 bridgehead atoms. The number of rotatable bonds is 4. The van der Waals surface area contributed by atoms with Crippen LogP contribution in [-0.4, -0.2) is 26.1 Å².